The molecule has 24 nitrogen and oxygen atoms in total. The number of phosphoric ester groups is 3. The maximum absolute atomic E-state index is 12.7. The Morgan fingerprint density at radius 3 is 2.40 bits per heavy atom. The van der Waals surface area contributed by atoms with Crippen molar-refractivity contribution in [1.82, 2.24) is 30.2 Å². The Kier molecular flexibility index (Phi) is 17.6. The van der Waals surface area contributed by atoms with E-state index in [-0.39, 0.29) is 42.0 Å². The number of nitrogen functional groups attached to an aromatic ring is 1. The summed E-state index contributed by atoms with van der Waals surface area (Å²) in [6, 6.07) is 0. The molecule has 0 bridgehead atoms. The minimum Gasteiger partial charge on any atom is -0.393 e. The van der Waals surface area contributed by atoms with E-state index in [1.165, 1.54) is 13.8 Å². The van der Waals surface area contributed by atoms with Crippen molar-refractivity contribution in [3.05, 3.63) is 12.7 Å². The highest BCUT2D eigenvalue weighted by atomic mass is 32.2. The molecule has 0 spiro atoms. The summed E-state index contributed by atoms with van der Waals surface area (Å²) >= 11 is 1.58. The number of nitrogens with zero attached hydrogens (tertiary/aromatic N) is 4. The van der Waals surface area contributed by atoms with E-state index >= 15 is 0 Å². The lowest BCUT2D eigenvalue weighted by molar-refractivity contribution is -0.137. The van der Waals surface area contributed by atoms with Crippen LogP contribution in [0.15, 0.2) is 12.7 Å². The number of hydrogen-bond acceptors (Lipinski definition) is 18. The van der Waals surface area contributed by atoms with Crippen molar-refractivity contribution in [1.29, 1.82) is 0 Å². The van der Waals surface area contributed by atoms with E-state index in [1.807, 2.05) is 6.92 Å². The molecule has 2 amide bonds. The van der Waals surface area contributed by atoms with Crippen LogP contribution >= 0.6 is 35.2 Å². The van der Waals surface area contributed by atoms with Crippen LogP contribution in [-0.2, 0) is 45.9 Å². The fraction of sp³-hybridized carbons (Fsp3) is 0.741. The van der Waals surface area contributed by atoms with Crippen LogP contribution in [0.1, 0.15) is 52.7 Å². The van der Waals surface area contributed by atoms with E-state index in [0.717, 1.165) is 35.8 Å². The Morgan fingerprint density at radius 2 is 1.73 bits per heavy atom. The first-order valence-corrected chi connectivity index (χ1v) is 22.4. The van der Waals surface area contributed by atoms with Gasteiger partial charge in [0, 0.05) is 30.7 Å². The number of amides is 2. The van der Waals surface area contributed by atoms with Gasteiger partial charge < -0.3 is 56.0 Å². The number of hydrogen-bond donors (Lipinski definition) is 10. The summed E-state index contributed by atoms with van der Waals surface area (Å²) < 4.78 is 62.1. The topological polar surface area (TPSA) is 367 Å². The fourth-order valence-corrected chi connectivity index (χ4v) is 8.72. The number of carbonyl (C=O) groups is 2. The smallest absolute Gasteiger partial charge is 0.393 e. The van der Waals surface area contributed by atoms with Gasteiger partial charge in [-0.05, 0) is 18.6 Å². The van der Waals surface area contributed by atoms with Gasteiger partial charge in [-0.25, -0.2) is 28.6 Å². The molecule has 8 atom stereocenters. The van der Waals surface area contributed by atoms with E-state index in [4.69, 9.17) is 19.5 Å². The SMILES string of the molecule is CCCC(O)CCSCCNC(=O)CCNC(=O)C(O)C(C)(C)COP(=O)(O)OP(=O)(O)OC[C@H]1O[C@@H](n2cnc3c(N)ncnc32)[C@H](O)[C@@H]1OP(=O)(O)O. The number of rotatable bonds is 24. The summed E-state index contributed by atoms with van der Waals surface area (Å²) in [4.78, 5) is 75.5. The van der Waals surface area contributed by atoms with Crippen LogP contribution < -0.4 is 16.4 Å². The Hall–Kier alpha value is -2.15. The number of fused-ring (bicyclic) bond motifs is 1. The number of nitrogens with one attached hydrogen (secondary N) is 2. The highest BCUT2D eigenvalue weighted by Gasteiger charge is 2.50. The molecule has 1 aliphatic rings. The van der Waals surface area contributed by atoms with Crippen molar-refractivity contribution < 1.29 is 80.8 Å². The Balaban J connectivity index is 1.48. The average Bonchev–Trinajstić information content (AvgIpc) is 3.64. The average molecular weight is 868 g/mol. The predicted octanol–water partition coefficient (Wildman–Crippen LogP) is -0.311. The number of imidazole rings is 1. The Morgan fingerprint density at radius 1 is 1.04 bits per heavy atom. The van der Waals surface area contributed by atoms with Crippen molar-refractivity contribution in [3.8, 4) is 0 Å². The number of carbonyl (C=O) groups excluding carboxylic acids is 2. The molecule has 2 aromatic rings. The minimum absolute atomic E-state index is 0.0352. The van der Waals surface area contributed by atoms with Crippen molar-refractivity contribution in [2.24, 2.45) is 5.41 Å². The first-order chi connectivity index (χ1) is 25.6. The molecule has 1 aliphatic heterocycles. The van der Waals surface area contributed by atoms with E-state index in [0.29, 0.717) is 18.7 Å². The maximum Gasteiger partial charge on any atom is 0.481 e. The molecule has 3 rings (SSSR count). The third-order valence-electron chi connectivity index (χ3n) is 7.86. The van der Waals surface area contributed by atoms with Gasteiger partial charge in [0.1, 0.15) is 36.3 Å². The molecule has 2 aromatic heterocycles. The molecule has 0 radical (unpaired) electrons. The first-order valence-electron chi connectivity index (χ1n) is 16.7. The van der Waals surface area contributed by atoms with Gasteiger partial charge >= 0.3 is 23.5 Å². The molecule has 55 heavy (non-hydrogen) atoms. The first kappa shape index (κ1) is 47.2. The Bertz CT molecular complexity index is 1740. The highest BCUT2D eigenvalue weighted by molar-refractivity contribution is 7.99. The largest absolute Gasteiger partial charge is 0.481 e. The lowest BCUT2D eigenvalue weighted by atomic mass is 9.87. The van der Waals surface area contributed by atoms with Gasteiger partial charge in [0.2, 0.25) is 11.8 Å². The summed E-state index contributed by atoms with van der Waals surface area (Å²) in [5.74, 6) is 0.0371. The van der Waals surface area contributed by atoms with Crippen LogP contribution in [-0.4, -0.2) is 135 Å². The van der Waals surface area contributed by atoms with Crippen molar-refractivity contribution in [2.45, 2.75) is 83.2 Å². The monoisotopic (exact) mass is 867 g/mol. The number of aromatic nitrogens is 4. The van der Waals surface area contributed by atoms with Crippen molar-refractivity contribution >= 4 is 64.0 Å². The molecule has 1 saturated heterocycles. The second kappa shape index (κ2) is 20.5. The molecule has 28 heteroatoms. The van der Waals surface area contributed by atoms with Gasteiger partial charge in [-0.1, -0.05) is 27.2 Å². The second-order valence-electron chi connectivity index (χ2n) is 12.9. The van der Waals surface area contributed by atoms with Crippen LogP contribution in [0.25, 0.3) is 11.2 Å². The molecule has 4 unspecified atom stereocenters. The van der Waals surface area contributed by atoms with Gasteiger partial charge in [0.15, 0.2) is 17.7 Å². The number of ether oxygens (including phenoxy) is 1. The molecule has 11 N–H and O–H groups in total. The maximum atomic E-state index is 12.7. The zero-order valence-electron chi connectivity index (χ0n) is 30.0. The molecule has 3 heterocycles. The number of thioether (sulfide) groups is 1. The molecule has 1 fully saturated rings. The summed E-state index contributed by atoms with van der Waals surface area (Å²) in [7, 11) is -16.4. The third kappa shape index (κ3) is 14.9. The van der Waals surface area contributed by atoms with Gasteiger partial charge in [0.25, 0.3) is 0 Å². The number of aliphatic hydroxyl groups excluding tert-OH is 3. The minimum atomic E-state index is -5.56. The molecule has 0 saturated carbocycles. The lowest BCUT2D eigenvalue weighted by Gasteiger charge is -2.30. The Labute approximate surface area is 319 Å². The number of phosphoric acid groups is 3. The molecular weight excluding hydrogens is 819 g/mol. The second-order valence-corrected chi connectivity index (χ2v) is 18.4. The molecule has 314 valence electrons. The zero-order chi connectivity index (χ0) is 41.2. The predicted molar refractivity (Wildman–Crippen MR) is 192 cm³/mol. The standard InChI is InChI=1S/C27H48N7O17P3S/c1-4-5-16(35)7-10-55-11-9-29-18(36)6-8-30-25(39)22(38)27(2,3)13-48-54(45,46)51-53(43,44)47-12-17-21(50-52(40,41)42)20(37)26(49-17)34-15-33-19-23(28)31-14-32-24(19)34/h14-17,20-22,26,35,37-38H,4-13H2,1-3H3,(H,29,36)(H,30,39)(H,43,44)(H,45,46)(H2,28,31,32)(H2,40,41,42)/t16?,17-,20-,21-,22?,26-/m1/s1. The van der Waals surface area contributed by atoms with Crippen LogP contribution in [0.4, 0.5) is 5.82 Å². The van der Waals surface area contributed by atoms with Crippen LogP contribution in [0.3, 0.4) is 0 Å². The third-order valence-corrected chi connectivity index (χ3v) is 12.0. The van der Waals surface area contributed by atoms with Gasteiger partial charge in [-0.2, -0.15) is 16.1 Å². The van der Waals surface area contributed by atoms with Gasteiger partial charge in [-0.15, -0.1) is 0 Å². The number of anilines is 1. The highest BCUT2D eigenvalue weighted by Crippen LogP contribution is 2.61. The zero-order valence-corrected chi connectivity index (χ0v) is 33.5. The summed E-state index contributed by atoms with van der Waals surface area (Å²) in [6.45, 7) is 2.76. The van der Waals surface area contributed by atoms with Crippen molar-refractivity contribution in [3.63, 3.8) is 0 Å². The fourth-order valence-electron chi connectivity index (χ4n) is 5.00. The van der Waals surface area contributed by atoms with E-state index in [9.17, 15) is 58.2 Å². The van der Waals surface area contributed by atoms with Gasteiger partial charge in [-0.3, -0.25) is 27.7 Å². The summed E-state index contributed by atoms with van der Waals surface area (Å²) in [5, 5.41) is 36.2. The molecule has 0 aromatic carbocycles. The van der Waals surface area contributed by atoms with Crippen LogP contribution in [0.5, 0.6) is 0 Å². The number of aliphatic hydroxyl groups is 3. The van der Waals surface area contributed by atoms with Gasteiger partial charge in [0.05, 0.1) is 25.6 Å². The normalized spacial score (nSPS) is 22.5. The quantitative estimate of drug-likeness (QED) is 0.0478. The molecule has 0 aliphatic carbocycles. The van der Waals surface area contributed by atoms with E-state index in [2.05, 4.69) is 34.4 Å². The molecular formula is C27H48N7O17P3S. The van der Waals surface area contributed by atoms with E-state index in [1.54, 1.807) is 11.8 Å². The summed E-state index contributed by atoms with van der Waals surface area (Å²) in [6.07, 6.45) is -4.84. The number of nitrogens with two attached hydrogens (primary N) is 1. The van der Waals surface area contributed by atoms with E-state index < -0.39 is 78.6 Å². The lowest BCUT2D eigenvalue weighted by Crippen LogP contribution is -2.46. The van der Waals surface area contributed by atoms with Crippen molar-refractivity contribution in [2.75, 3.05) is 43.5 Å². The van der Waals surface area contributed by atoms with Crippen LogP contribution in [0.2, 0.25) is 0 Å². The van der Waals surface area contributed by atoms with Crippen LogP contribution in [0, 0.1) is 5.41 Å². The summed E-state index contributed by atoms with van der Waals surface area (Å²) in [5.41, 5.74) is 4.29.